The molecule has 0 unspecified atom stereocenters. The molecule has 0 bridgehead atoms. The van der Waals surface area contributed by atoms with Crippen molar-refractivity contribution >= 4 is 22.6 Å². The zero-order valence-electron chi connectivity index (χ0n) is 13.4. The molecule has 3 aromatic rings. The molecule has 0 aliphatic rings. The lowest BCUT2D eigenvalue weighted by molar-refractivity contribution is -0.137. The van der Waals surface area contributed by atoms with Crippen LogP contribution in [0, 0.1) is 6.92 Å². The van der Waals surface area contributed by atoms with Gasteiger partial charge in [-0.1, -0.05) is 6.07 Å². The number of carbonyl (C=O) groups is 1. The minimum Gasteiger partial charge on any atom is -0.497 e. The fourth-order valence-electron chi connectivity index (χ4n) is 2.50. The lowest BCUT2D eigenvalue weighted by Crippen LogP contribution is -2.13. The van der Waals surface area contributed by atoms with E-state index in [1.165, 1.54) is 19.2 Å². The van der Waals surface area contributed by atoms with E-state index < -0.39 is 17.6 Å². The van der Waals surface area contributed by atoms with Crippen LogP contribution in [-0.4, -0.2) is 13.0 Å². The van der Waals surface area contributed by atoms with Crippen LogP contribution in [0.2, 0.25) is 0 Å². The molecule has 7 heteroatoms. The van der Waals surface area contributed by atoms with E-state index in [0.717, 1.165) is 12.1 Å². The minimum atomic E-state index is -4.48. The van der Waals surface area contributed by atoms with E-state index in [-0.39, 0.29) is 11.4 Å². The molecule has 1 N–H and O–H groups in total. The van der Waals surface area contributed by atoms with Gasteiger partial charge in [0.25, 0.3) is 5.91 Å². The SMILES string of the molecule is COc1ccc2oc(C(=O)Nc3cccc(C(F)(F)F)c3)c(C)c2c1. The number of fused-ring (bicyclic) bond motifs is 1. The molecule has 0 saturated carbocycles. The summed E-state index contributed by atoms with van der Waals surface area (Å²) in [7, 11) is 1.53. The molecule has 130 valence electrons. The van der Waals surface area contributed by atoms with E-state index in [1.807, 2.05) is 0 Å². The zero-order chi connectivity index (χ0) is 18.2. The third kappa shape index (κ3) is 3.31. The Hall–Kier alpha value is -2.96. The molecule has 0 fully saturated rings. The second-order valence-corrected chi connectivity index (χ2v) is 5.45. The Morgan fingerprint density at radius 1 is 1.16 bits per heavy atom. The maximum Gasteiger partial charge on any atom is 0.416 e. The van der Waals surface area contributed by atoms with Crippen molar-refractivity contribution in [1.29, 1.82) is 0 Å². The molecule has 1 aromatic heterocycles. The monoisotopic (exact) mass is 349 g/mol. The Balaban J connectivity index is 1.91. The summed E-state index contributed by atoms with van der Waals surface area (Å²) in [6.07, 6.45) is -4.48. The number of anilines is 1. The van der Waals surface area contributed by atoms with Crippen LogP contribution in [0.3, 0.4) is 0 Å². The number of rotatable bonds is 3. The quantitative estimate of drug-likeness (QED) is 0.722. The summed E-state index contributed by atoms with van der Waals surface area (Å²) in [6.45, 7) is 1.70. The largest absolute Gasteiger partial charge is 0.497 e. The van der Waals surface area contributed by atoms with Crippen LogP contribution in [0.4, 0.5) is 18.9 Å². The van der Waals surface area contributed by atoms with Gasteiger partial charge in [-0.2, -0.15) is 13.2 Å². The first-order valence-electron chi connectivity index (χ1n) is 7.35. The Morgan fingerprint density at radius 3 is 2.60 bits per heavy atom. The molecule has 0 spiro atoms. The molecule has 4 nitrogen and oxygen atoms in total. The fraction of sp³-hybridized carbons (Fsp3) is 0.167. The van der Waals surface area contributed by atoms with Crippen molar-refractivity contribution in [2.24, 2.45) is 0 Å². The molecule has 2 aromatic carbocycles. The van der Waals surface area contributed by atoms with Gasteiger partial charge in [0.2, 0.25) is 0 Å². The lowest BCUT2D eigenvalue weighted by atomic mass is 10.1. The highest BCUT2D eigenvalue weighted by Gasteiger charge is 2.30. The first-order chi connectivity index (χ1) is 11.8. The number of amides is 1. The Labute approximate surface area is 141 Å². The average molecular weight is 349 g/mol. The summed E-state index contributed by atoms with van der Waals surface area (Å²) < 4.78 is 49.0. The molecule has 0 atom stereocenters. The summed E-state index contributed by atoms with van der Waals surface area (Å²) in [5, 5.41) is 3.14. The fourth-order valence-corrected chi connectivity index (χ4v) is 2.50. The number of aryl methyl sites for hydroxylation is 1. The van der Waals surface area contributed by atoms with Crippen molar-refractivity contribution in [2.75, 3.05) is 12.4 Å². The molecule has 0 saturated heterocycles. The average Bonchev–Trinajstić information content (AvgIpc) is 2.91. The maximum absolute atomic E-state index is 12.8. The number of ether oxygens (including phenoxy) is 1. The van der Waals surface area contributed by atoms with Gasteiger partial charge in [-0.15, -0.1) is 0 Å². The predicted octanol–water partition coefficient (Wildman–Crippen LogP) is 5.02. The Kier molecular flexibility index (Phi) is 4.16. The molecule has 1 heterocycles. The van der Waals surface area contributed by atoms with Crippen molar-refractivity contribution in [2.45, 2.75) is 13.1 Å². The Morgan fingerprint density at radius 2 is 1.92 bits per heavy atom. The topological polar surface area (TPSA) is 51.5 Å². The second kappa shape index (κ2) is 6.16. The van der Waals surface area contributed by atoms with E-state index in [0.29, 0.717) is 22.3 Å². The van der Waals surface area contributed by atoms with Crippen LogP contribution in [0.15, 0.2) is 46.9 Å². The van der Waals surface area contributed by atoms with Crippen molar-refractivity contribution in [3.8, 4) is 5.75 Å². The third-order valence-electron chi connectivity index (χ3n) is 3.80. The van der Waals surface area contributed by atoms with Gasteiger partial charge in [0.15, 0.2) is 5.76 Å². The van der Waals surface area contributed by atoms with Crippen LogP contribution in [-0.2, 0) is 6.18 Å². The van der Waals surface area contributed by atoms with Gasteiger partial charge in [-0.05, 0) is 43.3 Å². The van der Waals surface area contributed by atoms with E-state index in [2.05, 4.69) is 5.32 Å². The van der Waals surface area contributed by atoms with Gasteiger partial charge < -0.3 is 14.5 Å². The molecular weight excluding hydrogens is 335 g/mol. The number of nitrogens with one attached hydrogen (secondary N) is 1. The molecule has 0 radical (unpaired) electrons. The molecule has 1 amide bonds. The van der Waals surface area contributed by atoms with Gasteiger partial charge in [0.1, 0.15) is 11.3 Å². The van der Waals surface area contributed by atoms with Crippen LogP contribution in [0.5, 0.6) is 5.75 Å². The summed E-state index contributed by atoms with van der Waals surface area (Å²) >= 11 is 0. The summed E-state index contributed by atoms with van der Waals surface area (Å²) in [6, 6.07) is 9.52. The van der Waals surface area contributed by atoms with Crippen LogP contribution in [0.1, 0.15) is 21.7 Å². The van der Waals surface area contributed by atoms with E-state index >= 15 is 0 Å². The molecule has 25 heavy (non-hydrogen) atoms. The number of hydrogen-bond acceptors (Lipinski definition) is 3. The van der Waals surface area contributed by atoms with Crippen molar-refractivity contribution in [3.05, 3.63) is 59.4 Å². The number of halogens is 3. The van der Waals surface area contributed by atoms with Crippen LogP contribution in [0.25, 0.3) is 11.0 Å². The lowest BCUT2D eigenvalue weighted by Gasteiger charge is -2.09. The van der Waals surface area contributed by atoms with Gasteiger partial charge in [0.05, 0.1) is 12.7 Å². The van der Waals surface area contributed by atoms with E-state index in [9.17, 15) is 18.0 Å². The summed E-state index contributed by atoms with van der Waals surface area (Å²) in [5.41, 5.74) is 0.277. The van der Waals surface area contributed by atoms with Crippen LogP contribution >= 0.6 is 0 Å². The van der Waals surface area contributed by atoms with Crippen molar-refractivity contribution < 1.29 is 27.1 Å². The molecule has 3 rings (SSSR count). The molecular formula is C18H14F3NO3. The summed E-state index contributed by atoms with van der Waals surface area (Å²) in [4.78, 5) is 12.4. The number of alkyl halides is 3. The third-order valence-corrected chi connectivity index (χ3v) is 3.80. The van der Waals surface area contributed by atoms with Crippen molar-refractivity contribution in [3.63, 3.8) is 0 Å². The predicted molar refractivity (Wildman–Crippen MR) is 86.9 cm³/mol. The smallest absolute Gasteiger partial charge is 0.416 e. The normalized spacial score (nSPS) is 11.6. The second-order valence-electron chi connectivity index (χ2n) is 5.45. The highest BCUT2D eigenvalue weighted by molar-refractivity contribution is 6.06. The van der Waals surface area contributed by atoms with Gasteiger partial charge >= 0.3 is 6.18 Å². The first kappa shape index (κ1) is 16.9. The van der Waals surface area contributed by atoms with Crippen molar-refractivity contribution in [1.82, 2.24) is 0 Å². The van der Waals surface area contributed by atoms with Gasteiger partial charge in [-0.25, -0.2) is 0 Å². The Bertz CT molecular complexity index is 944. The minimum absolute atomic E-state index is 0.0391. The number of furan rings is 1. The van der Waals surface area contributed by atoms with Gasteiger partial charge in [0, 0.05) is 16.6 Å². The molecule has 0 aliphatic carbocycles. The number of methoxy groups -OCH3 is 1. The van der Waals surface area contributed by atoms with E-state index in [1.54, 1.807) is 25.1 Å². The number of carbonyl (C=O) groups excluding carboxylic acids is 1. The summed E-state index contributed by atoms with van der Waals surface area (Å²) in [5.74, 6) is 0.0360. The van der Waals surface area contributed by atoms with E-state index in [4.69, 9.17) is 9.15 Å². The van der Waals surface area contributed by atoms with Crippen LogP contribution < -0.4 is 10.1 Å². The van der Waals surface area contributed by atoms with Gasteiger partial charge in [-0.3, -0.25) is 4.79 Å². The highest BCUT2D eigenvalue weighted by atomic mass is 19.4. The molecule has 0 aliphatic heterocycles. The number of benzene rings is 2. The zero-order valence-corrected chi connectivity index (χ0v) is 13.4. The number of hydrogen-bond donors (Lipinski definition) is 1. The standard InChI is InChI=1S/C18H14F3NO3/c1-10-14-9-13(24-2)6-7-15(14)25-16(10)17(23)22-12-5-3-4-11(8-12)18(19,20)21/h3-9H,1-2H3,(H,22,23). The first-order valence-corrected chi connectivity index (χ1v) is 7.35. The highest BCUT2D eigenvalue weighted by Crippen LogP contribution is 2.32. The maximum atomic E-state index is 12.8.